The Kier molecular flexibility index (Phi) is 6.27. The molecule has 31 heavy (non-hydrogen) atoms. The highest BCUT2D eigenvalue weighted by molar-refractivity contribution is 9.10. The lowest BCUT2D eigenvalue weighted by molar-refractivity contribution is 0.0189. The number of hydrogen-bond acceptors (Lipinski definition) is 5. The van der Waals surface area contributed by atoms with Gasteiger partial charge in [0.05, 0.1) is 0 Å². The summed E-state index contributed by atoms with van der Waals surface area (Å²) in [5, 5.41) is 23.1. The van der Waals surface area contributed by atoms with Crippen LogP contribution in [-0.2, 0) is 4.74 Å². The van der Waals surface area contributed by atoms with Gasteiger partial charge in [-0.05, 0) is 34.4 Å². The number of aliphatic hydroxyl groups is 2. The number of carbonyl (C=O) groups excluding carboxylic acids is 1. The van der Waals surface area contributed by atoms with Crippen LogP contribution >= 0.6 is 15.9 Å². The molecule has 1 aliphatic rings. The zero-order valence-electron chi connectivity index (χ0n) is 16.7. The maximum Gasteiger partial charge on any atom is 0.407 e. The zero-order chi connectivity index (χ0) is 22.0. The van der Waals surface area contributed by atoms with Gasteiger partial charge in [0.25, 0.3) is 0 Å². The number of benzene rings is 3. The van der Waals surface area contributed by atoms with Crippen molar-refractivity contribution in [3.05, 3.63) is 87.9 Å². The first-order valence-corrected chi connectivity index (χ1v) is 10.7. The first-order valence-electron chi connectivity index (χ1n) is 9.95. The molecule has 0 spiro atoms. The number of anilines is 1. The Labute approximate surface area is 188 Å². The first kappa shape index (κ1) is 21.4. The molecule has 160 valence electrons. The molecular formula is C24H23BrN2O4. The molecule has 0 bridgehead atoms. The van der Waals surface area contributed by atoms with Crippen LogP contribution in [0.25, 0.3) is 11.1 Å². The maximum absolute atomic E-state index is 12.2. The minimum absolute atomic E-state index is 0.0452. The van der Waals surface area contributed by atoms with Gasteiger partial charge in [0.2, 0.25) is 0 Å². The lowest BCUT2D eigenvalue weighted by Gasteiger charge is -2.20. The van der Waals surface area contributed by atoms with E-state index in [1.54, 1.807) is 18.2 Å². The summed E-state index contributed by atoms with van der Waals surface area (Å²) in [6, 6.07) is 21.2. The molecule has 0 saturated carbocycles. The van der Waals surface area contributed by atoms with E-state index < -0.39 is 18.3 Å². The number of nitrogens with one attached hydrogen (secondary N) is 1. The van der Waals surface area contributed by atoms with E-state index in [2.05, 4.69) is 33.4 Å². The Morgan fingerprint density at radius 1 is 1.03 bits per heavy atom. The summed E-state index contributed by atoms with van der Waals surface area (Å²) < 4.78 is 6.21. The van der Waals surface area contributed by atoms with Crippen molar-refractivity contribution in [2.45, 2.75) is 18.1 Å². The molecule has 0 saturated heterocycles. The third-order valence-corrected chi connectivity index (χ3v) is 6.02. The molecule has 5 N–H and O–H groups in total. The van der Waals surface area contributed by atoms with E-state index in [0.29, 0.717) is 11.3 Å². The quantitative estimate of drug-likeness (QED) is 0.398. The fourth-order valence-electron chi connectivity index (χ4n) is 3.97. The number of rotatable bonds is 6. The molecule has 1 aliphatic carbocycles. The molecule has 6 nitrogen and oxygen atoms in total. The molecule has 0 aromatic heterocycles. The summed E-state index contributed by atoms with van der Waals surface area (Å²) in [4.78, 5) is 12.2. The minimum atomic E-state index is -1.23. The molecule has 0 fully saturated rings. The lowest BCUT2D eigenvalue weighted by atomic mass is 9.98. The van der Waals surface area contributed by atoms with Gasteiger partial charge in [-0.3, -0.25) is 0 Å². The number of hydrogen-bond donors (Lipinski definition) is 4. The largest absolute Gasteiger partial charge is 0.449 e. The van der Waals surface area contributed by atoms with Gasteiger partial charge >= 0.3 is 6.09 Å². The van der Waals surface area contributed by atoms with Crippen LogP contribution in [0.4, 0.5) is 10.5 Å². The Morgan fingerprint density at radius 3 is 2.26 bits per heavy atom. The number of fused-ring (bicyclic) bond motifs is 3. The molecule has 2 unspecified atom stereocenters. The van der Waals surface area contributed by atoms with Crippen molar-refractivity contribution in [2.75, 3.05) is 18.9 Å². The van der Waals surface area contributed by atoms with Gasteiger partial charge in [0, 0.05) is 28.2 Å². The predicted molar refractivity (Wildman–Crippen MR) is 123 cm³/mol. The smallest absolute Gasteiger partial charge is 0.407 e. The molecule has 0 aliphatic heterocycles. The molecule has 7 heteroatoms. The van der Waals surface area contributed by atoms with Crippen LogP contribution in [0.3, 0.4) is 0 Å². The molecule has 3 aromatic carbocycles. The van der Waals surface area contributed by atoms with Gasteiger partial charge < -0.3 is 26.0 Å². The third-order valence-electron chi connectivity index (χ3n) is 5.53. The van der Waals surface area contributed by atoms with Crippen LogP contribution in [0.2, 0.25) is 0 Å². The van der Waals surface area contributed by atoms with Crippen LogP contribution in [0.15, 0.2) is 71.2 Å². The van der Waals surface area contributed by atoms with Crippen molar-refractivity contribution in [3.63, 3.8) is 0 Å². The number of amides is 1. The summed E-state index contributed by atoms with van der Waals surface area (Å²) in [5.74, 6) is -0.0452. The summed E-state index contributed by atoms with van der Waals surface area (Å²) >= 11 is 3.30. The Hall–Kier alpha value is -2.87. The molecule has 0 radical (unpaired) electrons. The SMILES string of the molecule is Nc1cc(Br)ccc1C(O)C(O)CNC(=O)OCC1c2ccccc2-c2ccccc21. The predicted octanol–water partition coefficient (Wildman–Crippen LogP) is 3.96. The number of alkyl carbamates (subject to hydrolysis) is 1. The number of nitrogen functional groups attached to an aromatic ring is 1. The second-order valence-electron chi connectivity index (χ2n) is 7.49. The van der Waals surface area contributed by atoms with Crippen LogP contribution in [0.5, 0.6) is 0 Å². The van der Waals surface area contributed by atoms with Crippen LogP contribution in [-0.4, -0.2) is 35.6 Å². The molecule has 3 aromatic rings. The third kappa shape index (κ3) is 4.44. The highest BCUT2D eigenvalue weighted by Crippen LogP contribution is 2.44. The second kappa shape index (κ2) is 9.09. The number of nitrogens with two attached hydrogens (primary N) is 1. The number of carbonyl (C=O) groups is 1. The summed E-state index contributed by atoms with van der Waals surface area (Å²) in [5.41, 5.74) is 11.2. The van der Waals surface area contributed by atoms with Crippen molar-refractivity contribution in [3.8, 4) is 11.1 Å². The van der Waals surface area contributed by atoms with Crippen LogP contribution in [0, 0.1) is 0 Å². The van der Waals surface area contributed by atoms with Gasteiger partial charge in [-0.15, -0.1) is 0 Å². The van der Waals surface area contributed by atoms with E-state index in [0.717, 1.165) is 26.7 Å². The summed E-state index contributed by atoms with van der Waals surface area (Å²) in [6.07, 6.45) is -3.12. The molecule has 0 heterocycles. The second-order valence-corrected chi connectivity index (χ2v) is 8.41. The van der Waals surface area contributed by atoms with E-state index in [1.807, 2.05) is 36.4 Å². The van der Waals surface area contributed by atoms with Crippen molar-refractivity contribution in [1.82, 2.24) is 5.32 Å². The topological polar surface area (TPSA) is 105 Å². The van der Waals surface area contributed by atoms with E-state index in [-0.39, 0.29) is 19.1 Å². The summed E-state index contributed by atoms with van der Waals surface area (Å²) in [6.45, 7) is 0.00547. The number of aliphatic hydroxyl groups excluding tert-OH is 2. The monoisotopic (exact) mass is 482 g/mol. The lowest BCUT2D eigenvalue weighted by Crippen LogP contribution is -2.36. The zero-order valence-corrected chi connectivity index (χ0v) is 18.2. The Bertz CT molecular complexity index is 1060. The van der Waals surface area contributed by atoms with Gasteiger partial charge in [0.15, 0.2) is 0 Å². The fraction of sp³-hybridized carbons (Fsp3) is 0.208. The minimum Gasteiger partial charge on any atom is -0.449 e. The standard InChI is InChI=1S/C24H23BrN2O4/c25-14-9-10-19(21(26)11-14)23(29)22(28)12-27-24(30)31-13-20-17-7-3-1-5-15(17)16-6-2-4-8-18(16)20/h1-11,20,22-23,28-29H,12-13,26H2,(H,27,30). The average molecular weight is 483 g/mol. The van der Waals surface area contributed by atoms with E-state index >= 15 is 0 Å². The van der Waals surface area contributed by atoms with Crippen molar-refractivity contribution < 1.29 is 19.7 Å². The fourth-order valence-corrected chi connectivity index (χ4v) is 4.35. The van der Waals surface area contributed by atoms with Gasteiger partial charge in [0.1, 0.15) is 18.8 Å². The summed E-state index contributed by atoms with van der Waals surface area (Å²) in [7, 11) is 0. The average Bonchev–Trinajstić information content (AvgIpc) is 3.09. The van der Waals surface area contributed by atoms with E-state index in [1.165, 1.54) is 0 Å². The number of ether oxygens (including phenoxy) is 1. The van der Waals surface area contributed by atoms with Gasteiger partial charge in [-0.1, -0.05) is 70.5 Å². The Balaban J connectivity index is 1.35. The van der Waals surface area contributed by atoms with Crippen LogP contribution in [0.1, 0.15) is 28.7 Å². The normalized spacial score (nSPS) is 14.4. The first-order chi connectivity index (χ1) is 15.0. The van der Waals surface area contributed by atoms with E-state index in [4.69, 9.17) is 10.5 Å². The van der Waals surface area contributed by atoms with E-state index in [9.17, 15) is 15.0 Å². The molecule has 1 amide bonds. The van der Waals surface area contributed by atoms with Crippen molar-refractivity contribution in [1.29, 1.82) is 0 Å². The Morgan fingerprint density at radius 2 is 1.65 bits per heavy atom. The van der Waals surface area contributed by atoms with Crippen molar-refractivity contribution >= 4 is 27.7 Å². The maximum atomic E-state index is 12.2. The molecule has 4 rings (SSSR count). The van der Waals surface area contributed by atoms with Gasteiger partial charge in [-0.25, -0.2) is 4.79 Å². The molecule has 2 atom stereocenters. The van der Waals surface area contributed by atoms with Gasteiger partial charge in [-0.2, -0.15) is 0 Å². The highest BCUT2D eigenvalue weighted by atomic mass is 79.9. The molecular weight excluding hydrogens is 460 g/mol. The highest BCUT2D eigenvalue weighted by Gasteiger charge is 2.29. The van der Waals surface area contributed by atoms with Crippen LogP contribution < -0.4 is 11.1 Å². The van der Waals surface area contributed by atoms with Crippen molar-refractivity contribution in [2.24, 2.45) is 0 Å². The number of halogens is 1.